The molecule has 3 aliphatic rings. The lowest BCUT2D eigenvalue weighted by Crippen LogP contribution is -2.50. The number of ether oxygens (including phenoxy) is 1. The second-order valence-corrected chi connectivity index (χ2v) is 13.3. The van der Waals surface area contributed by atoms with Crippen LogP contribution >= 0.6 is 11.6 Å². The Hall–Kier alpha value is -2.46. The zero-order chi connectivity index (χ0) is 28.3. The average molecular weight is 590 g/mol. The smallest absolute Gasteiger partial charge is 0.409 e. The topological polar surface area (TPSA) is 70.2 Å². The van der Waals surface area contributed by atoms with Crippen molar-refractivity contribution in [2.24, 2.45) is 0 Å². The van der Waals surface area contributed by atoms with E-state index in [1.165, 1.54) is 46.3 Å². The van der Waals surface area contributed by atoms with Gasteiger partial charge in [-0.2, -0.15) is 4.31 Å². The molecular weight excluding hydrogens is 553 g/mol. The molecule has 40 heavy (non-hydrogen) atoms. The van der Waals surface area contributed by atoms with Crippen LogP contribution < -0.4 is 0 Å². The van der Waals surface area contributed by atoms with E-state index in [1.807, 2.05) is 0 Å². The van der Waals surface area contributed by atoms with Crippen LogP contribution in [0.5, 0.6) is 0 Å². The first-order valence-electron chi connectivity index (χ1n) is 14.1. The lowest BCUT2D eigenvalue weighted by Gasteiger charge is -2.42. The number of hydrogen-bond donors (Lipinski definition) is 0. The minimum atomic E-state index is -4.00. The third-order valence-corrected chi connectivity index (χ3v) is 10.7. The molecule has 0 unspecified atom stereocenters. The number of rotatable bonds is 6. The van der Waals surface area contributed by atoms with Gasteiger partial charge in [0, 0.05) is 37.2 Å². The van der Waals surface area contributed by atoms with Crippen molar-refractivity contribution in [2.45, 2.75) is 68.0 Å². The molecule has 3 fully saturated rings. The van der Waals surface area contributed by atoms with Gasteiger partial charge in [0.1, 0.15) is 12.4 Å². The maximum Gasteiger partial charge on any atom is 0.409 e. The first-order chi connectivity index (χ1) is 19.2. The van der Waals surface area contributed by atoms with Crippen molar-refractivity contribution < 1.29 is 22.3 Å². The lowest BCUT2D eigenvalue weighted by atomic mass is 9.93. The van der Waals surface area contributed by atoms with Gasteiger partial charge in [0.25, 0.3) is 0 Å². The molecule has 1 amide bonds. The summed E-state index contributed by atoms with van der Waals surface area (Å²) < 4.78 is 49.3. The van der Waals surface area contributed by atoms with Gasteiger partial charge in [-0.25, -0.2) is 17.6 Å². The molecule has 10 heteroatoms. The van der Waals surface area contributed by atoms with Crippen LogP contribution in [0.2, 0.25) is 5.02 Å². The molecule has 2 aromatic carbocycles. The summed E-state index contributed by atoms with van der Waals surface area (Å²) in [6.45, 7) is 7.32. The van der Waals surface area contributed by atoms with Crippen LogP contribution in [0.3, 0.4) is 0 Å². The Morgan fingerprint density at radius 2 is 1.70 bits per heavy atom. The zero-order valence-electron chi connectivity index (χ0n) is 22.7. The minimum absolute atomic E-state index is 0.0639. The van der Waals surface area contributed by atoms with E-state index in [2.05, 4.69) is 11.5 Å². The molecular formula is C30H37ClFN3O4S. The summed E-state index contributed by atoms with van der Waals surface area (Å²) in [6.07, 6.45) is 5.25. The van der Waals surface area contributed by atoms with Crippen LogP contribution in [0, 0.1) is 5.82 Å². The van der Waals surface area contributed by atoms with Crippen molar-refractivity contribution >= 4 is 27.7 Å². The molecule has 0 radical (unpaired) electrons. The molecule has 0 aliphatic carbocycles. The highest BCUT2D eigenvalue weighted by Gasteiger charge is 2.41. The number of likely N-dealkylation sites (tertiary alicyclic amines) is 2. The second kappa shape index (κ2) is 12.6. The van der Waals surface area contributed by atoms with E-state index in [0.29, 0.717) is 42.6 Å². The van der Waals surface area contributed by atoms with Crippen molar-refractivity contribution in [3.63, 3.8) is 0 Å². The zero-order valence-corrected chi connectivity index (χ0v) is 24.3. The molecule has 3 aliphatic heterocycles. The van der Waals surface area contributed by atoms with Crippen LogP contribution in [-0.4, -0.2) is 73.5 Å². The summed E-state index contributed by atoms with van der Waals surface area (Å²) in [5.41, 5.74) is 1.89. The molecule has 3 saturated heterocycles. The van der Waals surface area contributed by atoms with Gasteiger partial charge in [-0.1, -0.05) is 35.9 Å². The molecule has 2 atom stereocenters. The normalized spacial score (nSPS) is 23.8. The van der Waals surface area contributed by atoms with Crippen molar-refractivity contribution in [2.75, 3.05) is 32.8 Å². The summed E-state index contributed by atoms with van der Waals surface area (Å²) >= 11 is 6.02. The number of halogens is 2. The molecule has 0 saturated carbocycles. The van der Waals surface area contributed by atoms with E-state index in [-0.39, 0.29) is 11.5 Å². The van der Waals surface area contributed by atoms with Gasteiger partial charge in [0.2, 0.25) is 10.0 Å². The summed E-state index contributed by atoms with van der Waals surface area (Å²) in [6, 6.07) is 11.4. The Labute approximate surface area is 241 Å². The fourth-order valence-electron chi connectivity index (χ4n) is 6.21. The Bertz CT molecular complexity index is 1300. The quantitative estimate of drug-likeness (QED) is 0.386. The Morgan fingerprint density at radius 3 is 2.38 bits per heavy atom. The molecule has 0 bridgehead atoms. The number of benzene rings is 2. The number of piperidine rings is 3. The van der Waals surface area contributed by atoms with E-state index in [4.69, 9.17) is 16.3 Å². The highest BCUT2D eigenvalue weighted by Crippen LogP contribution is 2.39. The standard InChI is InChI=1S/C30H37ClFN3O4S/c1-22-12-16-33(17-13-22)26-14-18-34(19-15-26)30(36)39-21-27-6-3-7-29(23-4-2-5-25(32)20-23)35(27)40(37,38)28-10-8-24(31)9-11-28/h2,4-5,8-11,20,26-27,29H,1,3,6-7,12-19,21H2/t27-,29+/m1/s1. The second-order valence-electron chi connectivity index (χ2n) is 11.0. The number of hydrogen-bond acceptors (Lipinski definition) is 5. The fraction of sp³-hybridized carbons (Fsp3) is 0.500. The van der Waals surface area contributed by atoms with Gasteiger partial charge < -0.3 is 9.64 Å². The molecule has 2 aromatic rings. The molecule has 0 spiro atoms. The maximum atomic E-state index is 14.2. The molecule has 5 rings (SSSR count). The van der Waals surface area contributed by atoms with Crippen molar-refractivity contribution in [3.8, 4) is 0 Å². The summed E-state index contributed by atoms with van der Waals surface area (Å²) in [7, 11) is -4.00. The van der Waals surface area contributed by atoms with E-state index in [1.54, 1.807) is 17.0 Å². The Balaban J connectivity index is 1.28. The fourth-order valence-corrected chi connectivity index (χ4v) is 8.18. The van der Waals surface area contributed by atoms with E-state index in [9.17, 15) is 17.6 Å². The van der Waals surface area contributed by atoms with Crippen LogP contribution in [0.4, 0.5) is 9.18 Å². The van der Waals surface area contributed by atoms with Crippen LogP contribution in [0.15, 0.2) is 65.6 Å². The molecule has 7 nitrogen and oxygen atoms in total. The third-order valence-electron chi connectivity index (χ3n) is 8.45. The summed E-state index contributed by atoms with van der Waals surface area (Å²) in [4.78, 5) is 17.4. The number of carbonyl (C=O) groups excluding carboxylic acids is 1. The van der Waals surface area contributed by atoms with E-state index < -0.39 is 34.0 Å². The first-order valence-corrected chi connectivity index (χ1v) is 15.9. The summed E-state index contributed by atoms with van der Waals surface area (Å²) in [5.74, 6) is -0.423. The predicted octanol–water partition coefficient (Wildman–Crippen LogP) is 6.02. The van der Waals surface area contributed by atoms with Gasteiger partial charge >= 0.3 is 6.09 Å². The number of carbonyl (C=O) groups is 1. The third kappa shape index (κ3) is 6.54. The number of amides is 1. The number of sulfonamides is 1. The highest BCUT2D eigenvalue weighted by molar-refractivity contribution is 7.89. The molecule has 3 heterocycles. The van der Waals surface area contributed by atoms with Crippen LogP contribution in [-0.2, 0) is 14.8 Å². The summed E-state index contributed by atoms with van der Waals surface area (Å²) in [5, 5.41) is 0.430. The van der Waals surface area contributed by atoms with Crippen molar-refractivity contribution in [1.82, 2.24) is 14.1 Å². The van der Waals surface area contributed by atoms with Gasteiger partial charge in [-0.15, -0.1) is 0 Å². The molecule has 0 aromatic heterocycles. The van der Waals surface area contributed by atoms with Gasteiger partial charge in [-0.05, 0) is 86.9 Å². The largest absolute Gasteiger partial charge is 0.448 e. The van der Waals surface area contributed by atoms with E-state index >= 15 is 0 Å². The maximum absolute atomic E-state index is 14.2. The Kier molecular flexibility index (Phi) is 9.14. The van der Waals surface area contributed by atoms with Crippen molar-refractivity contribution in [1.29, 1.82) is 0 Å². The van der Waals surface area contributed by atoms with Crippen LogP contribution in [0.25, 0.3) is 0 Å². The Morgan fingerprint density at radius 1 is 1.00 bits per heavy atom. The molecule has 0 N–H and O–H groups in total. The minimum Gasteiger partial charge on any atom is -0.448 e. The van der Waals surface area contributed by atoms with Gasteiger partial charge in [0.15, 0.2) is 0 Å². The van der Waals surface area contributed by atoms with Gasteiger partial charge in [0.05, 0.1) is 17.0 Å². The highest BCUT2D eigenvalue weighted by atomic mass is 35.5. The SMILES string of the molecule is C=C1CCN(C2CCN(C(=O)OC[C@H]3CCC[C@@H](c4cccc(F)c4)N3S(=O)(=O)c3ccc(Cl)cc3)CC2)CC1. The van der Waals surface area contributed by atoms with E-state index in [0.717, 1.165) is 45.2 Å². The molecule has 216 valence electrons. The van der Waals surface area contributed by atoms with Crippen molar-refractivity contribution in [3.05, 3.63) is 77.1 Å². The monoisotopic (exact) mass is 589 g/mol. The number of nitrogens with zero attached hydrogens (tertiary/aromatic N) is 3. The first kappa shape index (κ1) is 29.0. The average Bonchev–Trinajstić information content (AvgIpc) is 2.96. The lowest BCUT2D eigenvalue weighted by molar-refractivity contribution is 0.0465. The predicted molar refractivity (Wildman–Crippen MR) is 153 cm³/mol. The van der Waals surface area contributed by atoms with Crippen LogP contribution in [0.1, 0.15) is 56.6 Å². The van der Waals surface area contributed by atoms with Gasteiger partial charge in [-0.3, -0.25) is 4.90 Å².